The highest BCUT2D eigenvalue weighted by atomic mass is 16.3. The van der Waals surface area contributed by atoms with Gasteiger partial charge in [-0.2, -0.15) is 0 Å². The highest BCUT2D eigenvalue weighted by Crippen LogP contribution is 2.68. The zero-order valence-electron chi connectivity index (χ0n) is 21.1. The molecular formula is C29H50O2. The van der Waals surface area contributed by atoms with E-state index in [1.807, 2.05) is 13.0 Å². The van der Waals surface area contributed by atoms with Gasteiger partial charge in [-0.25, -0.2) is 0 Å². The summed E-state index contributed by atoms with van der Waals surface area (Å²) in [6, 6.07) is 0. The Labute approximate surface area is 192 Å². The van der Waals surface area contributed by atoms with Gasteiger partial charge in [0.1, 0.15) is 0 Å². The van der Waals surface area contributed by atoms with Gasteiger partial charge in [0.05, 0.1) is 11.2 Å². The molecule has 0 aromatic heterocycles. The van der Waals surface area contributed by atoms with Crippen molar-refractivity contribution in [3.05, 3.63) is 12.7 Å². The van der Waals surface area contributed by atoms with Gasteiger partial charge < -0.3 is 10.2 Å². The van der Waals surface area contributed by atoms with Gasteiger partial charge in [0.15, 0.2) is 0 Å². The predicted molar refractivity (Wildman–Crippen MR) is 130 cm³/mol. The average molecular weight is 431 g/mol. The molecule has 4 aliphatic carbocycles. The summed E-state index contributed by atoms with van der Waals surface area (Å²) in [6.45, 7) is 15.6. The zero-order chi connectivity index (χ0) is 22.7. The monoisotopic (exact) mass is 430 g/mol. The maximum atomic E-state index is 10.7. The van der Waals surface area contributed by atoms with Crippen LogP contribution < -0.4 is 0 Å². The number of aliphatic hydroxyl groups is 2. The quantitative estimate of drug-likeness (QED) is 0.440. The summed E-state index contributed by atoms with van der Waals surface area (Å²) >= 11 is 0. The molecule has 31 heavy (non-hydrogen) atoms. The summed E-state index contributed by atoms with van der Waals surface area (Å²) in [5.41, 5.74) is -0.0730. The second kappa shape index (κ2) is 8.15. The lowest BCUT2D eigenvalue weighted by Crippen LogP contribution is -2.55. The Balaban J connectivity index is 1.46. The van der Waals surface area contributed by atoms with Gasteiger partial charge in [-0.05, 0) is 137 Å². The van der Waals surface area contributed by atoms with E-state index in [1.54, 1.807) is 0 Å². The topological polar surface area (TPSA) is 40.5 Å². The number of hydrogen-bond acceptors (Lipinski definition) is 2. The Morgan fingerprint density at radius 3 is 2.42 bits per heavy atom. The van der Waals surface area contributed by atoms with E-state index in [4.69, 9.17) is 0 Å². The lowest BCUT2D eigenvalue weighted by Gasteiger charge is -2.62. The normalized spacial score (nSPS) is 50.0. The first-order chi connectivity index (χ1) is 14.4. The van der Waals surface area contributed by atoms with Crippen molar-refractivity contribution in [1.82, 2.24) is 0 Å². The Hall–Kier alpha value is -0.340. The van der Waals surface area contributed by atoms with Crippen molar-refractivity contribution in [3.8, 4) is 0 Å². The minimum atomic E-state index is -0.595. The highest BCUT2D eigenvalue weighted by Gasteiger charge is 2.61. The minimum Gasteiger partial charge on any atom is -0.390 e. The molecule has 0 aromatic carbocycles. The van der Waals surface area contributed by atoms with Gasteiger partial charge in [-0.15, -0.1) is 6.58 Å². The SMILES string of the molecule is C=CC[C@](C)(O)CC[C@@H](C)[C@H]1CC[C@H]2[C@@H]3CC[C@H]4C[C@@](C)(O)CC[C@]4(C)[C@H]3CC[C@]12C. The summed E-state index contributed by atoms with van der Waals surface area (Å²) in [4.78, 5) is 0. The third-order valence-electron chi connectivity index (χ3n) is 11.4. The fraction of sp³-hybridized carbons (Fsp3) is 0.931. The molecule has 4 fully saturated rings. The Morgan fingerprint density at radius 1 is 1.00 bits per heavy atom. The Bertz CT molecular complexity index is 666. The first kappa shape index (κ1) is 23.8. The highest BCUT2D eigenvalue weighted by molar-refractivity contribution is 5.10. The zero-order valence-corrected chi connectivity index (χ0v) is 21.1. The largest absolute Gasteiger partial charge is 0.390 e. The number of hydrogen-bond donors (Lipinski definition) is 2. The molecule has 0 heterocycles. The third-order valence-corrected chi connectivity index (χ3v) is 11.4. The van der Waals surface area contributed by atoms with Gasteiger partial charge in [-0.1, -0.05) is 26.8 Å². The Kier molecular flexibility index (Phi) is 6.26. The summed E-state index contributed by atoms with van der Waals surface area (Å²) < 4.78 is 0. The number of rotatable bonds is 6. The van der Waals surface area contributed by atoms with Crippen LogP contribution in [0.2, 0.25) is 0 Å². The maximum absolute atomic E-state index is 10.7. The van der Waals surface area contributed by atoms with Crippen LogP contribution in [0.3, 0.4) is 0 Å². The lowest BCUT2D eigenvalue weighted by molar-refractivity contribution is -0.148. The van der Waals surface area contributed by atoms with E-state index >= 15 is 0 Å². The van der Waals surface area contributed by atoms with Gasteiger partial charge in [0.25, 0.3) is 0 Å². The van der Waals surface area contributed by atoms with Crippen molar-refractivity contribution in [1.29, 1.82) is 0 Å². The molecule has 0 spiro atoms. The van der Waals surface area contributed by atoms with E-state index in [1.165, 1.54) is 44.9 Å². The van der Waals surface area contributed by atoms with Gasteiger partial charge >= 0.3 is 0 Å². The maximum Gasteiger partial charge on any atom is 0.0654 e. The summed E-state index contributed by atoms with van der Waals surface area (Å²) in [6.07, 6.45) is 16.2. The molecule has 178 valence electrons. The summed E-state index contributed by atoms with van der Waals surface area (Å²) in [7, 11) is 0. The molecule has 0 bridgehead atoms. The molecule has 0 aromatic rings. The van der Waals surface area contributed by atoms with Gasteiger partial charge in [0.2, 0.25) is 0 Å². The molecule has 10 atom stereocenters. The summed E-state index contributed by atoms with van der Waals surface area (Å²) in [5, 5.41) is 21.4. The molecular weight excluding hydrogens is 380 g/mol. The molecule has 0 amide bonds. The minimum absolute atomic E-state index is 0.430. The van der Waals surface area contributed by atoms with Crippen molar-refractivity contribution in [2.75, 3.05) is 0 Å². The third kappa shape index (κ3) is 4.18. The molecule has 4 aliphatic rings. The second-order valence-electron chi connectivity index (χ2n) is 13.6. The molecule has 4 rings (SSSR count). The first-order valence-corrected chi connectivity index (χ1v) is 13.5. The van der Waals surface area contributed by atoms with Crippen LogP contribution in [-0.4, -0.2) is 21.4 Å². The fourth-order valence-electron chi connectivity index (χ4n) is 9.56. The number of fused-ring (bicyclic) bond motifs is 5. The van der Waals surface area contributed by atoms with E-state index in [0.29, 0.717) is 23.2 Å². The van der Waals surface area contributed by atoms with Gasteiger partial charge in [-0.3, -0.25) is 0 Å². The molecule has 0 aliphatic heterocycles. The van der Waals surface area contributed by atoms with E-state index in [0.717, 1.165) is 55.3 Å². The predicted octanol–water partition coefficient (Wildman–Crippen LogP) is 7.14. The molecule has 2 heteroatoms. The molecule has 0 unspecified atom stereocenters. The van der Waals surface area contributed by atoms with Crippen molar-refractivity contribution >= 4 is 0 Å². The Morgan fingerprint density at radius 2 is 1.71 bits per heavy atom. The van der Waals surface area contributed by atoms with Crippen LogP contribution in [0.15, 0.2) is 12.7 Å². The van der Waals surface area contributed by atoms with Crippen LogP contribution in [0.25, 0.3) is 0 Å². The summed E-state index contributed by atoms with van der Waals surface area (Å²) in [5.74, 6) is 4.92. The van der Waals surface area contributed by atoms with Crippen LogP contribution in [0.1, 0.15) is 112 Å². The molecule has 0 saturated heterocycles. The van der Waals surface area contributed by atoms with Crippen molar-refractivity contribution in [3.63, 3.8) is 0 Å². The first-order valence-electron chi connectivity index (χ1n) is 13.5. The average Bonchev–Trinajstić information content (AvgIpc) is 3.04. The molecule has 0 radical (unpaired) electrons. The van der Waals surface area contributed by atoms with E-state index in [-0.39, 0.29) is 0 Å². The van der Waals surface area contributed by atoms with Crippen LogP contribution in [-0.2, 0) is 0 Å². The van der Waals surface area contributed by atoms with Crippen LogP contribution in [0.4, 0.5) is 0 Å². The molecule has 2 N–H and O–H groups in total. The molecule has 4 saturated carbocycles. The second-order valence-corrected chi connectivity index (χ2v) is 13.6. The van der Waals surface area contributed by atoms with E-state index in [2.05, 4.69) is 34.3 Å². The standard InChI is InChI=1S/C29H50O2/c1-7-14-26(3,30)15-12-20(2)23-10-11-24-22-9-8-21-19-27(4,31)17-18-28(21,5)25(22)13-16-29(23,24)6/h7,20-25,30-31H,1,8-19H2,2-6H3/t20-,21+,22+,23-,24+,25+,26+,27+,28+,29-/m1/s1. The van der Waals surface area contributed by atoms with Crippen LogP contribution in [0, 0.1) is 46.3 Å². The van der Waals surface area contributed by atoms with Crippen LogP contribution >= 0.6 is 0 Å². The fourth-order valence-corrected chi connectivity index (χ4v) is 9.56. The lowest BCUT2D eigenvalue weighted by atomic mass is 9.43. The van der Waals surface area contributed by atoms with Crippen molar-refractivity contribution in [2.45, 2.75) is 123 Å². The van der Waals surface area contributed by atoms with Crippen LogP contribution in [0.5, 0.6) is 0 Å². The van der Waals surface area contributed by atoms with Crippen molar-refractivity contribution in [2.24, 2.45) is 46.3 Å². The van der Waals surface area contributed by atoms with E-state index < -0.39 is 11.2 Å². The smallest absolute Gasteiger partial charge is 0.0654 e. The molecule has 2 nitrogen and oxygen atoms in total. The van der Waals surface area contributed by atoms with Crippen molar-refractivity contribution < 1.29 is 10.2 Å². The van der Waals surface area contributed by atoms with E-state index in [9.17, 15) is 10.2 Å². The van der Waals surface area contributed by atoms with Gasteiger partial charge in [0, 0.05) is 0 Å².